The minimum Gasteiger partial charge on any atom is -0.0839 e. The lowest BCUT2D eigenvalue weighted by atomic mass is 9.79. The molecule has 0 radical (unpaired) electrons. The van der Waals surface area contributed by atoms with Crippen molar-refractivity contribution < 1.29 is 0 Å². The fraction of sp³-hybridized carbons (Fsp3) is 0.733. The summed E-state index contributed by atoms with van der Waals surface area (Å²) < 4.78 is 0. The van der Waals surface area contributed by atoms with Gasteiger partial charge in [0.15, 0.2) is 0 Å². The summed E-state index contributed by atoms with van der Waals surface area (Å²) in [5.74, 6) is 0. The largest absolute Gasteiger partial charge is 0.0839 e. The van der Waals surface area contributed by atoms with Crippen molar-refractivity contribution >= 4 is 0 Å². The average Bonchev–Trinajstić information content (AvgIpc) is 2.52. The predicted octanol–water partition coefficient (Wildman–Crippen LogP) is 5.12. The first kappa shape index (κ1) is 12.5. The summed E-state index contributed by atoms with van der Waals surface area (Å²) in [6, 6.07) is 0. The molecule has 0 amide bonds. The maximum absolute atomic E-state index is 2.42. The molecule has 0 aromatic heterocycles. The van der Waals surface area contributed by atoms with E-state index in [1.807, 2.05) is 0 Å². The number of allylic oxidation sites excluding steroid dienone is 4. The van der Waals surface area contributed by atoms with Gasteiger partial charge < -0.3 is 0 Å². The van der Waals surface area contributed by atoms with Crippen LogP contribution in [0.3, 0.4) is 0 Å². The minimum atomic E-state index is 0.295. The van der Waals surface area contributed by atoms with Gasteiger partial charge in [0.1, 0.15) is 0 Å². The van der Waals surface area contributed by atoms with Gasteiger partial charge in [-0.3, -0.25) is 0 Å². The topological polar surface area (TPSA) is 0 Å². The molecule has 0 aromatic carbocycles. The van der Waals surface area contributed by atoms with Gasteiger partial charge in [-0.1, -0.05) is 58.8 Å². The van der Waals surface area contributed by atoms with Crippen LogP contribution < -0.4 is 0 Å². The Morgan fingerprint density at radius 2 is 1.67 bits per heavy atom. The minimum absolute atomic E-state index is 0.295. The quantitative estimate of drug-likeness (QED) is 0.550. The molecule has 1 aliphatic carbocycles. The molecule has 86 valence electrons. The molecule has 0 heterocycles. The van der Waals surface area contributed by atoms with Crippen molar-refractivity contribution in [3.8, 4) is 0 Å². The average molecular weight is 206 g/mol. The Hall–Kier alpha value is -0.520. The first-order chi connectivity index (χ1) is 6.87. The highest BCUT2D eigenvalue weighted by atomic mass is 14.4. The van der Waals surface area contributed by atoms with Gasteiger partial charge in [-0.15, -0.1) is 0 Å². The van der Waals surface area contributed by atoms with E-state index in [2.05, 4.69) is 52.8 Å². The third-order valence-corrected chi connectivity index (χ3v) is 3.48. The van der Waals surface area contributed by atoms with E-state index in [4.69, 9.17) is 0 Å². The summed E-state index contributed by atoms with van der Waals surface area (Å²) in [7, 11) is 0. The van der Waals surface area contributed by atoms with E-state index >= 15 is 0 Å². The number of hydrogen-bond donors (Lipinski definition) is 0. The second kappa shape index (κ2) is 4.55. The molecular weight excluding hydrogens is 180 g/mol. The van der Waals surface area contributed by atoms with Crippen molar-refractivity contribution in [2.45, 2.75) is 60.3 Å². The Morgan fingerprint density at radius 3 is 2.07 bits per heavy atom. The Morgan fingerprint density at radius 1 is 1.13 bits per heavy atom. The summed E-state index contributed by atoms with van der Waals surface area (Å²) >= 11 is 0. The van der Waals surface area contributed by atoms with Gasteiger partial charge in [0.2, 0.25) is 0 Å². The molecule has 0 atom stereocenters. The van der Waals surface area contributed by atoms with E-state index in [1.165, 1.54) is 31.3 Å². The monoisotopic (exact) mass is 206 g/mol. The zero-order valence-corrected chi connectivity index (χ0v) is 11.1. The highest BCUT2D eigenvalue weighted by Crippen LogP contribution is 2.44. The van der Waals surface area contributed by atoms with Crippen molar-refractivity contribution in [1.29, 1.82) is 0 Å². The molecule has 0 heteroatoms. The van der Waals surface area contributed by atoms with Crippen LogP contribution in [0, 0.1) is 10.8 Å². The van der Waals surface area contributed by atoms with Gasteiger partial charge in [-0.2, -0.15) is 0 Å². The lowest BCUT2D eigenvalue weighted by molar-refractivity contribution is 0.422. The first-order valence-corrected chi connectivity index (χ1v) is 6.23. The van der Waals surface area contributed by atoms with Crippen molar-refractivity contribution in [1.82, 2.24) is 0 Å². The van der Waals surface area contributed by atoms with Crippen molar-refractivity contribution in [3.63, 3.8) is 0 Å². The standard InChI is InChI=1S/C15H26/c1-6-13(9-12-14(2,3)4)15(5)10-7-8-11-15/h6,9,12H,7-8,10-11H2,1-5H3/b12-9-,13-6+. The van der Waals surface area contributed by atoms with Crippen LogP contribution in [0.2, 0.25) is 0 Å². The molecule has 0 saturated heterocycles. The Balaban J connectivity index is 2.77. The molecule has 1 fully saturated rings. The molecule has 1 rings (SSSR count). The third kappa shape index (κ3) is 3.52. The molecule has 1 saturated carbocycles. The van der Waals surface area contributed by atoms with Crippen molar-refractivity contribution in [2.75, 3.05) is 0 Å². The molecule has 0 bridgehead atoms. The molecule has 0 aliphatic heterocycles. The second-order valence-corrected chi connectivity index (χ2v) is 6.21. The predicted molar refractivity (Wildman–Crippen MR) is 68.9 cm³/mol. The molecular formula is C15H26. The summed E-state index contributed by atoms with van der Waals surface area (Å²) in [6.07, 6.45) is 12.5. The van der Waals surface area contributed by atoms with Crippen LogP contribution in [0.5, 0.6) is 0 Å². The Labute approximate surface area is 95.5 Å². The van der Waals surface area contributed by atoms with Crippen LogP contribution in [0.4, 0.5) is 0 Å². The number of hydrogen-bond acceptors (Lipinski definition) is 0. The fourth-order valence-corrected chi connectivity index (χ4v) is 2.43. The van der Waals surface area contributed by atoms with E-state index in [0.717, 1.165) is 0 Å². The normalized spacial score (nSPS) is 22.6. The molecule has 15 heavy (non-hydrogen) atoms. The summed E-state index contributed by atoms with van der Waals surface area (Å²) in [4.78, 5) is 0. The summed E-state index contributed by atoms with van der Waals surface area (Å²) in [6.45, 7) is 11.4. The van der Waals surface area contributed by atoms with Crippen LogP contribution in [-0.4, -0.2) is 0 Å². The summed E-state index contributed by atoms with van der Waals surface area (Å²) in [5, 5.41) is 0. The van der Waals surface area contributed by atoms with E-state index in [9.17, 15) is 0 Å². The third-order valence-electron chi connectivity index (χ3n) is 3.48. The van der Waals surface area contributed by atoms with Crippen LogP contribution >= 0.6 is 0 Å². The SMILES string of the molecule is C/C=C(\C=C/C(C)(C)C)C1(C)CCCC1. The van der Waals surface area contributed by atoms with Crippen molar-refractivity contribution in [3.05, 3.63) is 23.8 Å². The molecule has 0 N–H and O–H groups in total. The highest BCUT2D eigenvalue weighted by molar-refractivity contribution is 5.27. The van der Waals surface area contributed by atoms with E-state index in [1.54, 1.807) is 0 Å². The molecule has 0 nitrogen and oxygen atoms in total. The maximum atomic E-state index is 2.42. The Kier molecular flexibility index (Phi) is 3.81. The van der Waals surface area contributed by atoms with Gasteiger partial charge in [0, 0.05) is 0 Å². The summed E-state index contributed by atoms with van der Waals surface area (Å²) in [5.41, 5.74) is 2.29. The molecule has 0 spiro atoms. The van der Waals surface area contributed by atoms with Gasteiger partial charge in [-0.25, -0.2) is 0 Å². The molecule has 1 aliphatic rings. The lowest BCUT2D eigenvalue weighted by Gasteiger charge is -2.26. The van der Waals surface area contributed by atoms with Crippen molar-refractivity contribution in [2.24, 2.45) is 10.8 Å². The first-order valence-electron chi connectivity index (χ1n) is 6.23. The second-order valence-electron chi connectivity index (χ2n) is 6.21. The zero-order valence-electron chi connectivity index (χ0n) is 11.1. The van der Waals surface area contributed by atoms with Gasteiger partial charge in [-0.05, 0) is 36.2 Å². The Bertz CT molecular complexity index is 254. The smallest absolute Gasteiger partial charge is 0.00786 e. The van der Waals surface area contributed by atoms with Crippen LogP contribution in [-0.2, 0) is 0 Å². The van der Waals surface area contributed by atoms with Crippen LogP contribution in [0.15, 0.2) is 23.8 Å². The molecule has 0 unspecified atom stereocenters. The van der Waals surface area contributed by atoms with Crippen LogP contribution in [0.1, 0.15) is 60.3 Å². The highest BCUT2D eigenvalue weighted by Gasteiger charge is 2.30. The van der Waals surface area contributed by atoms with E-state index in [-0.39, 0.29) is 0 Å². The maximum Gasteiger partial charge on any atom is -0.00786 e. The molecule has 0 aromatic rings. The van der Waals surface area contributed by atoms with E-state index in [0.29, 0.717) is 10.8 Å². The lowest BCUT2D eigenvalue weighted by Crippen LogP contribution is -2.13. The number of rotatable bonds is 2. The fourth-order valence-electron chi connectivity index (χ4n) is 2.43. The van der Waals surface area contributed by atoms with Gasteiger partial charge in [0.25, 0.3) is 0 Å². The van der Waals surface area contributed by atoms with Crippen LogP contribution in [0.25, 0.3) is 0 Å². The van der Waals surface area contributed by atoms with E-state index < -0.39 is 0 Å². The zero-order chi connectivity index (χ0) is 11.5. The van der Waals surface area contributed by atoms with Gasteiger partial charge in [0.05, 0.1) is 0 Å². The van der Waals surface area contributed by atoms with Gasteiger partial charge >= 0.3 is 0 Å².